The van der Waals surface area contributed by atoms with Crippen LogP contribution in [0.5, 0.6) is 0 Å². The quantitative estimate of drug-likeness (QED) is 0.791. The van der Waals surface area contributed by atoms with Crippen molar-refractivity contribution < 1.29 is 0 Å². The first-order valence-corrected chi connectivity index (χ1v) is 7.25. The summed E-state index contributed by atoms with van der Waals surface area (Å²) in [6.45, 7) is 2.71. The van der Waals surface area contributed by atoms with Crippen LogP contribution in [0.2, 0.25) is 0 Å². The minimum atomic E-state index is -0.0778. The predicted molar refractivity (Wildman–Crippen MR) is 75.0 cm³/mol. The molecule has 2 rings (SSSR count). The molecular formula is C12H18N4OS. The number of pyridine rings is 1. The van der Waals surface area contributed by atoms with Crippen molar-refractivity contribution in [3.63, 3.8) is 0 Å². The summed E-state index contributed by atoms with van der Waals surface area (Å²) >= 11 is 1.77. The van der Waals surface area contributed by atoms with Crippen molar-refractivity contribution in [1.82, 2.24) is 14.2 Å². The molecule has 0 amide bonds. The highest BCUT2D eigenvalue weighted by atomic mass is 32.2. The zero-order valence-electron chi connectivity index (χ0n) is 10.5. The Morgan fingerprint density at radius 2 is 2.33 bits per heavy atom. The molecule has 0 saturated heterocycles. The molecule has 2 aromatic rings. The Morgan fingerprint density at radius 3 is 3.06 bits per heavy atom. The summed E-state index contributed by atoms with van der Waals surface area (Å²) in [5.74, 6) is 1.79. The maximum absolute atomic E-state index is 11.9. The summed E-state index contributed by atoms with van der Waals surface area (Å²) in [7, 11) is 0. The molecule has 2 N–H and O–H groups in total. The highest BCUT2D eigenvalue weighted by Crippen LogP contribution is 2.04. The third kappa shape index (κ3) is 2.94. The molecule has 0 bridgehead atoms. The molecule has 0 aromatic carbocycles. The molecule has 0 aliphatic carbocycles. The van der Waals surface area contributed by atoms with Crippen LogP contribution in [0, 0.1) is 0 Å². The van der Waals surface area contributed by atoms with Crippen LogP contribution >= 0.6 is 11.8 Å². The Morgan fingerprint density at radius 1 is 1.50 bits per heavy atom. The van der Waals surface area contributed by atoms with Gasteiger partial charge in [0.1, 0.15) is 0 Å². The Hall–Kier alpha value is -1.27. The second-order valence-corrected chi connectivity index (χ2v) is 5.33. The van der Waals surface area contributed by atoms with E-state index < -0.39 is 0 Å². The molecule has 5 nitrogen and oxygen atoms in total. The average Bonchev–Trinajstić information content (AvgIpc) is 2.72. The SMILES string of the molecule is CCC(N)CSCCn1nc2ccccn2c1=O. The third-order valence-corrected chi connectivity index (χ3v) is 3.93. The second-order valence-electron chi connectivity index (χ2n) is 4.18. The van der Waals surface area contributed by atoms with Gasteiger partial charge in [-0.25, -0.2) is 9.48 Å². The smallest absolute Gasteiger partial charge is 0.327 e. The zero-order chi connectivity index (χ0) is 13.0. The lowest BCUT2D eigenvalue weighted by atomic mass is 10.3. The van der Waals surface area contributed by atoms with Crippen LogP contribution in [0.15, 0.2) is 29.2 Å². The summed E-state index contributed by atoms with van der Waals surface area (Å²) in [5.41, 5.74) is 6.45. The number of hydrogen-bond donors (Lipinski definition) is 1. The van der Waals surface area contributed by atoms with Gasteiger partial charge >= 0.3 is 5.69 Å². The number of aryl methyl sites for hydroxylation is 1. The molecule has 18 heavy (non-hydrogen) atoms. The lowest BCUT2D eigenvalue weighted by molar-refractivity contribution is 0.638. The van der Waals surface area contributed by atoms with E-state index in [-0.39, 0.29) is 11.7 Å². The van der Waals surface area contributed by atoms with Gasteiger partial charge in [0.05, 0.1) is 6.54 Å². The highest BCUT2D eigenvalue weighted by Gasteiger charge is 2.05. The molecule has 1 unspecified atom stereocenters. The number of fused-ring (bicyclic) bond motifs is 1. The summed E-state index contributed by atoms with van der Waals surface area (Å²) < 4.78 is 3.07. The van der Waals surface area contributed by atoms with E-state index in [0.717, 1.165) is 17.9 Å². The molecule has 2 heterocycles. The molecule has 2 aromatic heterocycles. The number of thioether (sulfide) groups is 1. The largest absolute Gasteiger partial charge is 0.350 e. The van der Waals surface area contributed by atoms with Crippen LogP contribution in [0.3, 0.4) is 0 Å². The molecule has 0 spiro atoms. The Balaban J connectivity index is 1.96. The Labute approximate surface area is 110 Å². The van der Waals surface area contributed by atoms with Crippen LogP contribution in [-0.4, -0.2) is 31.7 Å². The summed E-state index contributed by atoms with van der Waals surface area (Å²) in [6, 6.07) is 5.78. The summed E-state index contributed by atoms with van der Waals surface area (Å²) in [6.07, 6.45) is 2.72. The maximum atomic E-state index is 11.9. The first-order chi connectivity index (χ1) is 8.72. The fourth-order valence-corrected chi connectivity index (χ4v) is 2.62. The minimum absolute atomic E-state index is 0.0778. The van der Waals surface area contributed by atoms with Gasteiger partial charge in [0.15, 0.2) is 5.65 Å². The van der Waals surface area contributed by atoms with E-state index in [1.54, 1.807) is 22.4 Å². The Bertz CT molecular complexity index is 562. The minimum Gasteiger partial charge on any atom is -0.327 e. The summed E-state index contributed by atoms with van der Waals surface area (Å²) in [4.78, 5) is 11.9. The molecular weight excluding hydrogens is 248 g/mol. The molecule has 1 atom stereocenters. The molecule has 0 aliphatic rings. The molecule has 0 fully saturated rings. The van der Waals surface area contributed by atoms with Gasteiger partial charge in [0, 0.05) is 23.7 Å². The zero-order valence-corrected chi connectivity index (χ0v) is 11.3. The lowest BCUT2D eigenvalue weighted by Gasteiger charge is -2.07. The first kappa shape index (κ1) is 13.2. The van der Waals surface area contributed by atoms with Crippen molar-refractivity contribution in [3.05, 3.63) is 34.9 Å². The standard InChI is InChI=1S/C12H18N4OS/c1-2-10(13)9-18-8-7-16-12(17)15-6-4-3-5-11(15)14-16/h3-6,10H,2,7-9,13H2,1H3. The molecule has 0 saturated carbocycles. The van der Waals surface area contributed by atoms with E-state index in [4.69, 9.17) is 5.73 Å². The van der Waals surface area contributed by atoms with Gasteiger partial charge in [0.2, 0.25) is 0 Å². The average molecular weight is 266 g/mol. The number of nitrogens with zero attached hydrogens (tertiary/aromatic N) is 3. The lowest BCUT2D eigenvalue weighted by Crippen LogP contribution is -2.24. The van der Waals surface area contributed by atoms with Crippen molar-refractivity contribution >= 4 is 17.4 Å². The number of rotatable bonds is 6. The first-order valence-electron chi connectivity index (χ1n) is 6.10. The monoisotopic (exact) mass is 266 g/mol. The van der Waals surface area contributed by atoms with Crippen molar-refractivity contribution in [2.75, 3.05) is 11.5 Å². The fourth-order valence-electron chi connectivity index (χ4n) is 1.62. The van der Waals surface area contributed by atoms with Crippen molar-refractivity contribution in [2.24, 2.45) is 5.73 Å². The fraction of sp³-hybridized carbons (Fsp3) is 0.500. The van der Waals surface area contributed by atoms with Crippen molar-refractivity contribution in [3.8, 4) is 0 Å². The molecule has 0 radical (unpaired) electrons. The van der Waals surface area contributed by atoms with Crippen LogP contribution < -0.4 is 11.4 Å². The van der Waals surface area contributed by atoms with Crippen LogP contribution in [0.25, 0.3) is 5.65 Å². The number of hydrogen-bond acceptors (Lipinski definition) is 4. The van der Waals surface area contributed by atoms with E-state index >= 15 is 0 Å². The summed E-state index contributed by atoms with van der Waals surface area (Å²) in [5, 5.41) is 4.27. The van der Waals surface area contributed by atoms with E-state index in [1.165, 1.54) is 4.68 Å². The Kier molecular flexibility index (Phi) is 4.43. The highest BCUT2D eigenvalue weighted by molar-refractivity contribution is 7.99. The van der Waals surface area contributed by atoms with E-state index in [1.807, 2.05) is 18.2 Å². The predicted octanol–water partition coefficient (Wildman–Crippen LogP) is 0.966. The van der Waals surface area contributed by atoms with E-state index in [0.29, 0.717) is 12.2 Å². The molecule has 0 aliphatic heterocycles. The van der Waals surface area contributed by atoms with Crippen LogP contribution in [0.4, 0.5) is 0 Å². The molecule has 6 heteroatoms. The van der Waals surface area contributed by atoms with Gasteiger partial charge in [-0.05, 0) is 18.6 Å². The van der Waals surface area contributed by atoms with Gasteiger partial charge < -0.3 is 5.73 Å². The van der Waals surface area contributed by atoms with Gasteiger partial charge in [0.25, 0.3) is 0 Å². The molecule has 98 valence electrons. The van der Waals surface area contributed by atoms with Crippen molar-refractivity contribution in [2.45, 2.75) is 25.9 Å². The van der Waals surface area contributed by atoms with Crippen LogP contribution in [-0.2, 0) is 6.54 Å². The number of aromatic nitrogens is 3. The van der Waals surface area contributed by atoms with Gasteiger partial charge in [-0.2, -0.15) is 11.8 Å². The number of nitrogens with two attached hydrogens (primary N) is 1. The van der Waals surface area contributed by atoms with E-state index in [2.05, 4.69) is 12.0 Å². The topological polar surface area (TPSA) is 65.3 Å². The van der Waals surface area contributed by atoms with Crippen molar-refractivity contribution in [1.29, 1.82) is 0 Å². The van der Waals surface area contributed by atoms with Gasteiger partial charge in [-0.1, -0.05) is 13.0 Å². The normalized spacial score (nSPS) is 13.0. The van der Waals surface area contributed by atoms with Gasteiger partial charge in [-0.3, -0.25) is 4.40 Å². The van der Waals surface area contributed by atoms with Gasteiger partial charge in [-0.15, -0.1) is 5.10 Å². The van der Waals surface area contributed by atoms with Crippen LogP contribution in [0.1, 0.15) is 13.3 Å². The second kappa shape index (κ2) is 6.06. The third-order valence-electron chi connectivity index (χ3n) is 2.79. The van der Waals surface area contributed by atoms with E-state index in [9.17, 15) is 4.79 Å². The maximum Gasteiger partial charge on any atom is 0.350 e.